The topological polar surface area (TPSA) is 87.7 Å². The number of thiophene rings is 1. The van der Waals surface area contributed by atoms with Crippen LogP contribution in [0.3, 0.4) is 0 Å². The zero-order valence-electron chi connectivity index (χ0n) is 17.3. The third-order valence-electron chi connectivity index (χ3n) is 4.94. The van der Waals surface area contributed by atoms with E-state index in [1.54, 1.807) is 42.5 Å². The van der Waals surface area contributed by atoms with Crippen molar-refractivity contribution in [1.82, 2.24) is 0 Å². The van der Waals surface area contributed by atoms with Crippen molar-refractivity contribution in [3.63, 3.8) is 0 Å². The largest absolute Gasteiger partial charge is 0.378 e. The molecule has 0 saturated carbocycles. The van der Waals surface area contributed by atoms with Crippen molar-refractivity contribution in [3.8, 4) is 0 Å². The van der Waals surface area contributed by atoms with Crippen LogP contribution in [-0.4, -0.2) is 40.6 Å². The Morgan fingerprint density at radius 1 is 1.09 bits per heavy atom. The maximum atomic E-state index is 13.4. The lowest BCUT2D eigenvalue weighted by Gasteiger charge is -2.30. The molecule has 0 aliphatic carbocycles. The third-order valence-corrected chi connectivity index (χ3v) is 7.66. The molecule has 0 bridgehead atoms. The molecule has 7 nitrogen and oxygen atoms in total. The molecule has 3 aromatic rings. The molecule has 0 unspecified atom stereocenters. The van der Waals surface area contributed by atoms with Crippen LogP contribution in [-0.2, 0) is 14.8 Å². The van der Waals surface area contributed by atoms with E-state index in [0.29, 0.717) is 47.6 Å². The molecule has 32 heavy (non-hydrogen) atoms. The molecule has 2 aromatic carbocycles. The molecule has 0 spiro atoms. The summed E-state index contributed by atoms with van der Waals surface area (Å²) in [5.74, 6) is -0.287. The van der Waals surface area contributed by atoms with Crippen LogP contribution in [0.5, 0.6) is 0 Å². The predicted molar refractivity (Wildman–Crippen MR) is 129 cm³/mol. The van der Waals surface area contributed by atoms with Gasteiger partial charge in [-0.05, 0) is 49.4 Å². The lowest BCUT2D eigenvalue weighted by molar-refractivity contribution is 0.103. The number of hydrogen-bond donors (Lipinski definition) is 2. The van der Waals surface area contributed by atoms with E-state index in [4.69, 9.17) is 16.3 Å². The molecule has 2 N–H and O–H groups in total. The number of para-hydroxylation sites is 1. The second-order valence-electron chi connectivity index (χ2n) is 7.23. The highest BCUT2D eigenvalue weighted by Crippen LogP contribution is 2.32. The number of morpholine rings is 1. The van der Waals surface area contributed by atoms with Crippen LogP contribution in [0, 0.1) is 6.92 Å². The Bertz CT molecular complexity index is 1240. The van der Waals surface area contributed by atoms with Gasteiger partial charge in [0.2, 0.25) is 0 Å². The Morgan fingerprint density at radius 2 is 1.84 bits per heavy atom. The standard InChI is InChI=1S/C22H22ClN3O4S2/c1-15-6-9-20(31-15)22(27)24-16-7-8-19(26-10-12-30-13-11-26)21(14-16)32(28,29)25-18-5-3-2-4-17(18)23/h2-9,14,25H,10-13H2,1H3,(H,24,27). The maximum Gasteiger partial charge on any atom is 0.265 e. The van der Waals surface area contributed by atoms with Crippen molar-refractivity contribution < 1.29 is 17.9 Å². The highest BCUT2D eigenvalue weighted by Gasteiger charge is 2.25. The summed E-state index contributed by atoms with van der Waals surface area (Å²) in [5, 5.41) is 3.09. The number of amides is 1. The summed E-state index contributed by atoms with van der Waals surface area (Å²) in [4.78, 5) is 16.2. The molecule has 1 aromatic heterocycles. The quantitative estimate of drug-likeness (QED) is 0.526. The number of hydrogen-bond acceptors (Lipinski definition) is 6. The summed E-state index contributed by atoms with van der Waals surface area (Å²) in [6, 6.07) is 15.1. The van der Waals surface area contributed by atoms with E-state index in [-0.39, 0.29) is 16.5 Å². The van der Waals surface area contributed by atoms with Gasteiger partial charge in [0.25, 0.3) is 15.9 Å². The SMILES string of the molecule is Cc1ccc(C(=O)Nc2ccc(N3CCOCC3)c(S(=O)(=O)Nc3ccccc3Cl)c2)s1. The maximum absolute atomic E-state index is 13.4. The molecule has 0 atom stereocenters. The molecule has 1 fully saturated rings. The Hall–Kier alpha value is -2.59. The van der Waals surface area contributed by atoms with E-state index in [1.165, 1.54) is 17.4 Å². The van der Waals surface area contributed by atoms with Gasteiger partial charge in [-0.25, -0.2) is 8.42 Å². The highest BCUT2D eigenvalue weighted by atomic mass is 35.5. The number of ether oxygens (including phenoxy) is 1. The van der Waals surface area contributed by atoms with E-state index in [2.05, 4.69) is 10.0 Å². The van der Waals surface area contributed by atoms with Crippen LogP contribution >= 0.6 is 22.9 Å². The van der Waals surface area contributed by atoms with E-state index < -0.39 is 10.0 Å². The van der Waals surface area contributed by atoms with E-state index in [9.17, 15) is 13.2 Å². The average molecular weight is 492 g/mol. The van der Waals surface area contributed by atoms with Gasteiger partial charge in [-0.2, -0.15) is 0 Å². The summed E-state index contributed by atoms with van der Waals surface area (Å²) >= 11 is 7.54. The van der Waals surface area contributed by atoms with Crippen molar-refractivity contribution in [1.29, 1.82) is 0 Å². The number of aryl methyl sites for hydroxylation is 1. The van der Waals surface area contributed by atoms with Crippen LogP contribution < -0.4 is 14.9 Å². The van der Waals surface area contributed by atoms with Crippen molar-refractivity contribution in [3.05, 3.63) is 69.4 Å². The summed E-state index contributed by atoms with van der Waals surface area (Å²) < 4.78 is 34.8. The lowest BCUT2D eigenvalue weighted by Crippen LogP contribution is -2.37. The Kier molecular flexibility index (Phi) is 6.71. The number of carbonyl (C=O) groups excluding carboxylic acids is 1. The van der Waals surface area contributed by atoms with Crippen molar-refractivity contribution in [2.45, 2.75) is 11.8 Å². The lowest BCUT2D eigenvalue weighted by atomic mass is 10.2. The van der Waals surface area contributed by atoms with Gasteiger partial charge in [-0.1, -0.05) is 23.7 Å². The Morgan fingerprint density at radius 3 is 2.53 bits per heavy atom. The number of benzene rings is 2. The Balaban J connectivity index is 1.70. The first kappa shape index (κ1) is 22.6. The van der Waals surface area contributed by atoms with Gasteiger partial charge < -0.3 is 15.0 Å². The Labute approximate surface area is 196 Å². The van der Waals surface area contributed by atoms with Gasteiger partial charge in [-0.15, -0.1) is 11.3 Å². The first-order chi connectivity index (χ1) is 15.3. The molecule has 1 amide bonds. The number of anilines is 3. The number of carbonyl (C=O) groups is 1. The van der Waals surface area contributed by atoms with Crippen molar-refractivity contribution in [2.75, 3.05) is 41.2 Å². The third kappa shape index (κ3) is 5.07. The summed E-state index contributed by atoms with van der Waals surface area (Å²) in [6.45, 7) is 4.06. The molecule has 0 radical (unpaired) electrons. The van der Waals surface area contributed by atoms with E-state index >= 15 is 0 Å². The first-order valence-corrected chi connectivity index (χ1v) is 12.6. The minimum absolute atomic E-state index is 0.0551. The molecular formula is C22H22ClN3O4S2. The van der Waals surface area contributed by atoms with Gasteiger partial charge in [0.05, 0.1) is 34.5 Å². The van der Waals surface area contributed by atoms with Crippen molar-refractivity contribution >= 4 is 55.9 Å². The second-order valence-corrected chi connectivity index (χ2v) is 10.6. The monoisotopic (exact) mass is 491 g/mol. The van der Waals surface area contributed by atoms with E-state index in [1.807, 2.05) is 17.9 Å². The summed E-state index contributed by atoms with van der Waals surface area (Å²) in [6.07, 6.45) is 0. The first-order valence-electron chi connectivity index (χ1n) is 9.95. The average Bonchev–Trinajstić information content (AvgIpc) is 3.22. The zero-order valence-corrected chi connectivity index (χ0v) is 19.7. The molecule has 1 aliphatic heterocycles. The molecule has 2 heterocycles. The van der Waals surface area contributed by atoms with Crippen LogP contribution in [0.4, 0.5) is 17.1 Å². The number of nitrogens with one attached hydrogen (secondary N) is 2. The molecule has 1 saturated heterocycles. The van der Waals surface area contributed by atoms with Crippen LogP contribution in [0.1, 0.15) is 14.5 Å². The number of sulfonamides is 1. The minimum atomic E-state index is -4.00. The number of nitrogens with zero attached hydrogens (tertiary/aromatic N) is 1. The fraction of sp³-hybridized carbons (Fsp3) is 0.227. The summed E-state index contributed by atoms with van der Waals surface area (Å²) in [5.41, 5.74) is 1.21. The molecule has 10 heteroatoms. The fourth-order valence-corrected chi connectivity index (χ4v) is 5.70. The summed E-state index contributed by atoms with van der Waals surface area (Å²) in [7, 11) is -4.00. The fourth-order valence-electron chi connectivity index (χ4n) is 3.37. The molecular weight excluding hydrogens is 470 g/mol. The smallest absolute Gasteiger partial charge is 0.265 e. The van der Waals surface area contributed by atoms with Gasteiger partial charge >= 0.3 is 0 Å². The van der Waals surface area contributed by atoms with Gasteiger partial charge in [0.1, 0.15) is 4.90 Å². The number of halogens is 1. The molecule has 168 valence electrons. The zero-order chi connectivity index (χ0) is 22.7. The van der Waals surface area contributed by atoms with Crippen molar-refractivity contribution in [2.24, 2.45) is 0 Å². The number of rotatable bonds is 6. The highest BCUT2D eigenvalue weighted by molar-refractivity contribution is 7.93. The van der Waals surface area contributed by atoms with Crippen LogP contribution in [0.15, 0.2) is 59.5 Å². The molecule has 1 aliphatic rings. The van der Waals surface area contributed by atoms with Gasteiger partial charge in [-0.3, -0.25) is 9.52 Å². The predicted octanol–water partition coefficient (Wildman–Crippen LogP) is 4.60. The van der Waals surface area contributed by atoms with Crippen LogP contribution in [0.2, 0.25) is 5.02 Å². The minimum Gasteiger partial charge on any atom is -0.378 e. The normalized spacial score (nSPS) is 14.2. The van der Waals surface area contributed by atoms with Gasteiger partial charge in [0.15, 0.2) is 0 Å². The van der Waals surface area contributed by atoms with Crippen LogP contribution in [0.25, 0.3) is 0 Å². The second kappa shape index (κ2) is 9.50. The van der Waals surface area contributed by atoms with E-state index in [0.717, 1.165) is 4.88 Å². The van der Waals surface area contributed by atoms with Gasteiger partial charge in [0, 0.05) is 23.7 Å². The molecule has 4 rings (SSSR count).